The lowest BCUT2D eigenvalue weighted by Crippen LogP contribution is -2.41. The Morgan fingerprint density at radius 2 is 2.07 bits per heavy atom. The number of ether oxygens (including phenoxy) is 1. The summed E-state index contributed by atoms with van der Waals surface area (Å²) in [7, 11) is 0. The molecule has 0 aliphatic heterocycles. The number of halogens is 1. The monoisotopic (exact) mass is 279 g/mol. The number of rotatable bonds is 7. The number of amides is 1. The van der Waals surface area contributed by atoms with E-state index in [1.807, 2.05) is 6.92 Å². The zero-order valence-electron chi connectivity index (χ0n) is 9.22. The fourth-order valence-electron chi connectivity index (χ4n) is 1.13. The van der Waals surface area contributed by atoms with Gasteiger partial charge in [-0.25, -0.2) is 4.79 Å². The second kappa shape index (κ2) is 8.71. The molecule has 4 nitrogen and oxygen atoms in total. The van der Waals surface area contributed by atoms with E-state index in [9.17, 15) is 9.59 Å². The number of nitrogens with one attached hydrogen (secondary N) is 1. The third kappa shape index (κ3) is 6.49. The minimum absolute atomic E-state index is 0.0171. The van der Waals surface area contributed by atoms with Gasteiger partial charge >= 0.3 is 6.09 Å². The van der Waals surface area contributed by atoms with Crippen molar-refractivity contribution in [1.29, 1.82) is 0 Å². The highest BCUT2D eigenvalue weighted by Gasteiger charge is 2.19. The summed E-state index contributed by atoms with van der Waals surface area (Å²) in [5, 5.41) is 2.82. The van der Waals surface area contributed by atoms with E-state index in [1.165, 1.54) is 0 Å². The highest BCUT2D eigenvalue weighted by Crippen LogP contribution is 2.04. The van der Waals surface area contributed by atoms with Crippen molar-refractivity contribution in [1.82, 2.24) is 5.32 Å². The molecule has 0 radical (unpaired) electrons. The van der Waals surface area contributed by atoms with E-state index in [-0.39, 0.29) is 11.1 Å². The zero-order valence-corrected chi connectivity index (χ0v) is 10.8. The van der Waals surface area contributed by atoms with Gasteiger partial charge in [0.05, 0.1) is 18.0 Å². The summed E-state index contributed by atoms with van der Waals surface area (Å²) >= 11 is 3.09. The van der Waals surface area contributed by atoms with E-state index in [4.69, 9.17) is 4.74 Å². The maximum atomic E-state index is 11.4. The van der Waals surface area contributed by atoms with E-state index in [1.54, 1.807) is 6.92 Å². The van der Waals surface area contributed by atoms with Crippen LogP contribution >= 0.6 is 15.9 Å². The molecule has 0 fully saturated rings. The number of Topliss-reactive ketones (excluding diaryl/α,β-unsaturated/α-hetero) is 1. The normalized spacial score (nSPS) is 11.9. The second-order valence-electron chi connectivity index (χ2n) is 3.16. The van der Waals surface area contributed by atoms with Crippen molar-refractivity contribution >= 4 is 27.8 Å². The lowest BCUT2D eigenvalue weighted by molar-refractivity contribution is -0.118. The van der Waals surface area contributed by atoms with Crippen molar-refractivity contribution < 1.29 is 14.3 Å². The molecule has 5 heteroatoms. The summed E-state index contributed by atoms with van der Waals surface area (Å²) in [5.74, 6) is -0.0171. The van der Waals surface area contributed by atoms with Crippen LogP contribution in [0.3, 0.4) is 0 Å². The third-order valence-electron chi connectivity index (χ3n) is 1.93. The van der Waals surface area contributed by atoms with Crippen LogP contribution in [-0.4, -0.2) is 29.9 Å². The Balaban J connectivity index is 4.11. The van der Waals surface area contributed by atoms with Crippen molar-refractivity contribution in [3.05, 3.63) is 0 Å². The predicted molar refractivity (Wildman–Crippen MR) is 62.3 cm³/mol. The maximum absolute atomic E-state index is 11.4. The average Bonchev–Trinajstić information content (AvgIpc) is 2.23. The highest BCUT2D eigenvalue weighted by atomic mass is 79.9. The number of alkyl halides is 1. The molecule has 0 aromatic rings. The second-order valence-corrected chi connectivity index (χ2v) is 3.72. The van der Waals surface area contributed by atoms with Crippen LogP contribution in [0.15, 0.2) is 0 Å². The van der Waals surface area contributed by atoms with Crippen molar-refractivity contribution in [3.8, 4) is 0 Å². The Morgan fingerprint density at radius 3 is 2.53 bits per heavy atom. The van der Waals surface area contributed by atoms with Crippen LogP contribution in [0, 0.1) is 0 Å². The fraction of sp³-hybridized carbons (Fsp3) is 0.800. The van der Waals surface area contributed by atoms with Crippen LogP contribution in [-0.2, 0) is 9.53 Å². The lowest BCUT2D eigenvalue weighted by Gasteiger charge is -2.15. The van der Waals surface area contributed by atoms with Crippen LogP contribution in [0.5, 0.6) is 0 Å². The molecule has 15 heavy (non-hydrogen) atoms. The molecule has 1 amide bonds. The van der Waals surface area contributed by atoms with Gasteiger partial charge in [-0.3, -0.25) is 4.79 Å². The Labute approximate surface area is 98.9 Å². The molecule has 0 spiro atoms. The number of alkyl carbamates (subject to hydrolysis) is 1. The molecule has 1 atom stereocenters. The van der Waals surface area contributed by atoms with Gasteiger partial charge in [-0.1, -0.05) is 35.7 Å². The smallest absolute Gasteiger partial charge is 0.407 e. The van der Waals surface area contributed by atoms with E-state index in [2.05, 4.69) is 21.2 Å². The van der Waals surface area contributed by atoms with Crippen molar-refractivity contribution in [3.63, 3.8) is 0 Å². The molecule has 0 bridgehead atoms. The van der Waals surface area contributed by atoms with Crippen molar-refractivity contribution in [2.75, 3.05) is 11.9 Å². The predicted octanol–water partition coefficient (Wildman–Crippen LogP) is 2.26. The number of carbonyl (C=O) groups excluding carboxylic acids is 2. The van der Waals surface area contributed by atoms with Crippen molar-refractivity contribution in [2.24, 2.45) is 0 Å². The molecule has 0 aliphatic carbocycles. The van der Waals surface area contributed by atoms with Gasteiger partial charge in [0.1, 0.15) is 0 Å². The molecule has 0 aromatic carbocycles. The average molecular weight is 280 g/mol. The van der Waals surface area contributed by atoms with Crippen LogP contribution in [0.2, 0.25) is 0 Å². The van der Waals surface area contributed by atoms with Crippen molar-refractivity contribution in [2.45, 2.75) is 39.2 Å². The number of carbonyl (C=O) groups is 2. The molecular formula is C10H18BrNO3. The summed E-state index contributed by atoms with van der Waals surface area (Å²) in [6.07, 6.45) is 2.06. The van der Waals surface area contributed by atoms with Gasteiger partial charge in [0.25, 0.3) is 0 Å². The van der Waals surface area contributed by atoms with Gasteiger partial charge in [-0.15, -0.1) is 0 Å². The Hall–Kier alpha value is -0.580. The summed E-state index contributed by atoms with van der Waals surface area (Å²) < 4.78 is 4.73. The molecule has 0 heterocycles. The Morgan fingerprint density at radius 1 is 1.40 bits per heavy atom. The molecule has 1 N–H and O–H groups in total. The van der Waals surface area contributed by atoms with Crippen LogP contribution in [0.25, 0.3) is 0 Å². The van der Waals surface area contributed by atoms with E-state index in [0.717, 1.165) is 12.8 Å². The standard InChI is InChI=1S/C10H18BrNO3/c1-3-5-6-8(9(13)7-11)12-10(14)15-4-2/h8H,3-7H2,1-2H3,(H,12,14). The van der Waals surface area contributed by atoms with Gasteiger partial charge in [0.15, 0.2) is 5.78 Å². The number of unbranched alkanes of at least 4 members (excludes halogenated alkanes) is 1. The first kappa shape index (κ1) is 14.4. The number of hydrogen-bond donors (Lipinski definition) is 1. The molecule has 1 unspecified atom stereocenters. The van der Waals surface area contributed by atoms with E-state index >= 15 is 0 Å². The van der Waals surface area contributed by atoms with Gasteiger partial charge in [0, 0.05) is 0 Å². The number of hydrogen-bond acceptors (Lipinski definition) is 3. The summed E-state index contributed by atoms with van der Waals surface area (Å²) in [4.78, 5) is 22.6. The van der Waals surface area contributed by atoms with Crippen LogP contribution < -0.4 is 5.32 Å². The van der Waals surface area contributed by atoms with E-state index < -0.39 is 12.1 Å². The molecule has 0 aromatic heterocycles. The summed E-state index contributed by atoms with van der Waals surface area (Å²) in [6, 6.07) is -0.427. The van der Waals surface area contributed by atoms with E-state index in [0.29, 0.717) is 13.0 Å². The molecule has 0 saturated heterocycles. The largest absolute Gasteiger partial charge is 0.450 e. The minimum Gasteiger partial charge on any atom is -0.450 e. The fourth-order valence-corrected chi connectivity index (χ4v) is 1.52. The topological polar surface area (TPSA) is 55.4 Å². The quantitative estimate of drug-likeness (QED) is 0.728. The Bertz CT molecular complexity index is 209. The summed E-state index contributed by atoms with van der Waals surface area (Å²) in [6.45, 7) is 4.09. The lowest BCUT2D eigenvalue weighted by atomic mass is 10.1. The first-order chi connectivity index (χ1) is 7.15. The highest BCUT2D eigenvalue weighted by molar-refractivity contribution is 9.09. The molecule has 88 valence electrons. The zero-order chi connectivity index (χ0) is 11.7. The minimum atomic E-state index is -0.520. The molecule has 0 saturated carbocycles. The van der Waals surface area contributed by atoms with Crippen LogP contribution in [0.1, 0.15) is 33.1 Å². The maximum Gasteiger partial charge on any atom is 0.407 e. The molecule has 0 rings (SSSR count). The first-order valence-corrected chi connectivity index (χ1v) is 6.29. The number of ketones is 1. The third-order valence-corrected chi connectivity index (χ3v) is 2.49. The van der Waals surface area contributed by atoms with Gasteiger partial charge in [-0.05, 0) is 13.3 Å². The molecule has 0 aliphatic rings. The van der Waals surface area contributed by atoms with Gasteiger partial charge in [-0.2, -0.15) is 0 Å². The molecular weight excluding hydrogens is 262 g/mol. The van der Waals surface area contributed by atoms with Crippen LogP contribution in [0.4, 0.5) is 4.79 Å². The van der Waals surface area contributed by atoms with Gasteiger partial charge < -0.3 is 10.1 Å². The summed E-state index contributed by atoms with van der Waals surface area (Å²) in [5.41, 5.74) is 0. The van der Waals surface area contributed by atoms with Gasteiger partial charge in [0.2, 0.25) is 0 Å². The SMILES string of the molecule is CCCCC(NC(=O)OCC)C(=O)CBr. The first-order valence-electron chi connectivity index (χ1n) is 5.17. The Kier molecular flexibility index (Phi) is 8.37.